The number of ketones is 1. The molecule has 5 heteroatoms. The molecule has 24 heavy (non-hydrogen) atoms. The van der Waals surface area contributed by atoms with E-state index in [0.29, 0.717) is 5.16 Å². The maximum absolute atomic E-state index is 12.8. The van der Waals surface area contributed by atoms with Gasteiger partial charge in [-0.25, -0.2) is 0 Å². The number of aryl methyl sites for hydroxylation is 2. The van der Waals surface area contributed by atoms with Crippen LogP contribution in [0.15, 0.2) is 60.0 Å². The number of hydrogen-bond donors (Lipinski definition) is 0. The lowest BCUT2D eigenvalue weighted by atomic mass is 10.0. The Hall–Kier alpha value is -2.40. The molecule has 0 aliphatic carbocycles. The molecule has 0 fully saturated rings. The number of aromatic nitrogens is 3. The highest BCUT2D eigenvalue weighted by molar-refractivity contribution is 8.00. The highest BCUT2D eigenvalue weighted by Crippen LogP contribution is 2.27. The van der Waals surface area contributed by atoms with Gasteiger partial charge in [0.25, 0.3) is 0 Å². The van der Waals surface area contributed by atoms with Gasteiger partial charge in [0.2, 0.25) is 0 Å². The molecule has 0 saturated heterocycles. The Morgan fingerprint density at radius 2 is 1.88 bits per heavy atom. The zero-order valence-corrected chi connectivity index (χ0v) is 14.7. The Morgan fingerprint density at radius 1 is 1.12 bits per heavy atom. The second kappa shape index (κ2) is 7.01. The van der Waals surface area contributed by atoms with E-state index in [4.69, 9.17) is 0 Å². The molecule has 0 bridgehead atoms. The van der Waals surface area contributed by atoms with Crippen LogP contribution in [-0.2, 0) is 0 Å². The Kier molecular flexibility index (Phi) is 4.81. The average Bonchev–Trinajstić information content (AvgIpc) is 3.05. The molecule has 1 unspecified atom stereocenters. The third-order valence-corrected chi connectivity index (χ3v) is 4.92. The first-order valence-corrected chi connectivity index (χ1v) is 8.68. The van der Waals surface area contributed by atoms with Gasteiger partial charge in [0.1, 0.15) is 6.33 Å². The van der Waals surface area contributed by atoms with Gasteiger partial charge < -0.3 is 0 Å². The highest BCUT2D eigenvalue weighted by atomic mass is 32.2. The fourth-order valence-corrected chi connectivity index (χ4v) is 3.41. The summed E-state index contributed by atoms with van der Waals surface area (Å²) in [5.41, 5.74) is 3.85. The summed E-state index contributed by atoms with van der Waals surface area (Å²) in [4.78, 5) is 12.8. The van der Waals surface area contributed by atoms with Crippen molar-refractivity contribution in [1.29, 1.82) is 0 Å². The van der Waals surface area contributed by atoms with Crippen molar-refractivity contribution in [1.82, 2.24) is 14.8 Å². The number of benzene rings is 2. The molecule has 0 N–H and O–H groups in total. The Labute approximate surface area is 145 Å². The summed E-state index contributed by atoms with van der Waals surface area (Å²) in [7, 11) is 0. The van der Waals surface area contributed by atoms with Gasteiger partial charge in [-0.05, 0) is 44.5 Å². The molecule has 4 nitrogen and oxygen atoms in total. The van der Waals surface area contributed by atoms with Crippen LogP contribution < -0.4 is 0 Å². The third-order valence-electron chi connectivity index (χ3n) is 3.86. The first-order valence-electron chi connectivity index (χ1n) is 7.80. The summed E-state index contributed by atoms with van der Waals surface area (Å²) < 4.78 is 1.90. The van der Waals surface area contributed by atoms with Crippen LogP contribution in [0.25, 0.3) is 5.69 Å². The van der Waals surface area contributed by atoms with Crippen LogP contribution in [0.5, 0.6) is 0 Å². The molecule has 3 rings (SSSR count). The van der Waals surface area contributed by atoms with E-state index >= 15 is 0 Å². The number of rotatable bonds is 5. The summed E-state index contributed by atoms with van der Waals surface area (Å²) >= 11 is 1.43. The zero-order valence-electron chi connectivity index (χ0n) is 13.9. The van der Waals surface area contributed by atoms with Crippen molar-refractivity contribution in [3.05, 3.63) is 71.5 Å². The van der Waals surface area contributed by atoms with Crippen molar-refractivity contribution < 1.29 is 4.79 Å². The van der Waals surface area contributed by atoms with Crippen molar-refractivity contribution in [2.75, 3.05) is 0 Å². The fraction of sp³-hybridized carbons (Fsp3) is 0.211. The van der Waals surface area contributed by atoms with Crippen LogP contribution in [0.4, 0.5) is 0 Å². The van der Waals surface area contributed by atoms with E-state index in [1.165, 1.54) is 11.8 Å². The maximum Gasteiger partial charge on any atom is 0.196 e. The number of carbonyl (C=O) groups excluding carboxylic acids is 1. The van der Waals surface area contributed by atoms with Crippen LogP contribution in [0.1, 0.15) is 28.4 Å². The summed E-state index contributed by atoms with van der Waals surface area (Å²) in [6.07, 6.45) is 1.67. The second-order valence-corrected chi connectivity index (χ2v) is 7.07. The minimum Gasteiger partial charge on any atom is -0.293 e. The summed E-state index contributed by atoms with van der Waals surface area (Å²) in [5.74, 6) is 0.115. The van der Waals surface area contributed by atoms with Crippen LogP contribution in [0, 0.1) is 13.8 Å². The number of Topliss-reactive ketones (excluding diaryl/α,β-unsaturated/α-hetero) is 1. The van der Waals surface area contributed by atoms with Crippen molar-refractivity contribution in [2.45, 2.75) is 31.2 Å². The van der Waals surface area contributed by atoms with Gasteiger partial charge in [-0.1, -0.05) is 47.7 Å². The molecule has 0 spiro atoms. The van der Waals surface area contributed by atoms with Gasteiger partial charge in [-0.2, -0.15) is 0 Å². The lowest BCUT2D eigenvalue weighted by Crippen LogP contribution is -2.16. The van der Waals surface area contributed by atoms with Gasteiger partial charge >= 0.3 is 0 Å². The molecule has 0 amide bonds. The summed E-state index contributed by atoms with van der Waals surface area (Å²) in [6.45, 7) is 5.88. The number of hydrogen-bond acceptors (Lipinski definition) is 4. The Bertz CT molecular complexity index is 858. The minimum atomic E-state index is -0.239. The molecule has 2 aromatic carbocycles. The van der Waals surface area contributed by atoms with E-state index < -0.39 is 0 Å². The Balaban J connectivity index is 1.83. The van der Waals surface area contributed by atoms with Gasteiger partial charge in [0.15, 0.2) is 10.9 Å². The molecule has 122 valence electrons. The lowest BCUT2D eigenvalue weighted by molar-refractivity contribution is 0.0993. The fourth-order valence-electron chi connectivity index (χ4n) is 2.50. The number of nitrogens with zero attached hydrogens (tertiary/aromatic N) is 3. The van der Waals surface area contributed by atoms with E-state index in [2.05, 4.69) is 10.2 Å². The van der Waals surface area contributed by atoms with Crippen LogP contribution in [0.2, 0.25) is 0 Å². The molecule has 1 heterocycles. The highest BCUT2D eigenvalue weighted by Gasteiger charge is 2.21. The molecule has 1 aromatic heterocycles. The summed E-state index contributed by atoms with van der Waals surface area (Å²) in [5, 5.41) is 8.64. The first-order chi connectivity index (χ1) is 11.6. The standard InChI is InChI=1S/C19H19N3OS/c1-13-9-10-14(2)17(11-13)18(23)15(3)24-19-21-20-12-22(19)16-7-5-4-6-8-16/h4-12,15H,1-3H3. The van der Waals surface area contributed by atoms with E-state index in [1.54, 1.807) is 6.33 Å². The van der Waals surface area contributed by atoms with Crippen molar-refractivity contribution >= 4 is 17.5 Å². The summed E-state index contributed by atoms with van der Waals surface area (Å²) in [6, 6.07) is 15.9. The van der Waals surface area contributed by atoms with Crippen LogP contribution >= 0.6 is 11.8 Å². The van der Waals surface area contributed by atoms with Crippen molar-refractivity contribution in [3.63, 3.8) is 0 Å². The first kappa shape index (κ1) is 16.5. The molecular weight excluding hydrogens is 318 g/mol. The molecule has 0 radical (unpaired) electrons. The number of carbonyl (C=O) groups is 1. The monoisotopic (exact) mass is 337 g/mol. The number of para-hydroxylation sites is 1. The SMILES string of the molecule is Cc1ccc(C)c(C(=O)C(C)Sc2nncn2-c2ccccc2)c1. The lowest BCUT2D eigenvalue weighted by Gasteiger charge is -2.13. The average molecular weight is 337 g/mol. The third kappa shape index (κ3) is 3.41. The van der Waals surface area contributed by atoms with Gasteiger partial charge in [0.05, 0.1) is 5.25 Å². The van der Waals surface area contributed by atoms with Crippen molar-refractivity contribution in [3.8, 4) is 5.69 Å². The van der Waals surface area contributed by atoms with Gasteiger partial charge in [0, 0.05) is 11.3 Å². The normalized spacial score (nSPS) is 12.1. The smallest absolute Gasteiger partial charge is 0.196 e. The van der Waals surface area contributed by atoms with E-state index in [-0.39, 0.29) is 11.0 Å². The maximum atomic E-state index is 12.8. The molecule has 0 aliphatic rings. The van der Waals surface area contributed by atoms with Crippen molar-refractivity contribution in [2.24, 2.45) is 0 Å². The largest absolute Gasteiger partial charge is 0.293 e. The predicted molar refractivity (Wildman–Crippen MR) is 96.9 cm³/mol. The van der Waals surface area contributed by atoms with Crippen LogP contribution in [0.3, 0.4) is 0 Å². The van der Waals surface area contributed by atoms with E-state index in [0.717, 1.165) is 22.4 Å². The van der Waals surface area contributed by atoms with Gasteiger partial charge in [-0.15, -0.1) is 10.2 Å². The van der Waals surface area contributed by atoms with E-state index in [9.17, 15) is 4.79 Å². The topological polar surface area (TPSA) is 47.8 Å². The second-order valence-electron chi connectivity index (χ2n) is 5.76. The quantitative estimate of drug-likeness (QED) is 0.516. The minimum absolute atomic E-state index is 0.115. The van der Waals surface area contributed by atoms with E-state index in [1.807, 2.05) is 73.9 Å². The Morgan fingerprint density at radius 3 is 2.62 bits per heavy atom. The molecular formula is C19H19N3OS. The molecule has 0 aliphatic heterocycles. The number of thioether (sulfide) groups is 1. The van der Waals surface area contributed by atoms with Gasteiger partial charge in [-0.3, -0.25) is 9.36 Å². The van der Waals surface area contributed by atoms with Crippen LogP contribution in [-0.4, -0.2) is 25.8 Å². The zero-order chi connectivity index (χ0) is 17.1. The molecule has 0 saturated carbocycles. The molecule has 1 atom stereocenters. The molecule has 3 aromatic rings. The predicted octanol–water partition coefficient (Wildman–Crippen LogP) is 4.25.